The van der Waals surface area contributed by atoms with Gasteiger partial charge in [-0.15, -0.1) is 0 Å². The largest absolute Gasteiger partial charge is 0.507 e. The van der Waals surface area contributed by atoms with Crippen LogP contribution in [-0.2, 0) is 9.59 Å². The van der Waals surface area contributed by atoms with E-state index in [9.17, 15) is 19.1 Å². The summed E-state index contributed by atoms with van der Waals surface area (Å²) < 4.78 is 18.9. The molecule has 3 aromatic rings. The smallest absolute Gasteiger partial charge is 0.300 e. The van der Waals surface area contributed by atoms with E-state index >= 15 is 0 Å². The first kappa shape index (κ1) is 21.5. The van der Waals surface area contributed by atoms with Crippen LogP contribution in [-0.4, -0.2) is 28.9 Å². The van der Waals surface area contributed by atoms with Crippen LogP contribution >= 0.6 is 11.6 Å². The van der Waals surface area contributed by atoms with Crippen LogP contribution in [0.25, 0.3) is 5.76 Å². The molecule has 1 atom stereocenters. The number of halogens is 2. The van der Waals surface area contributed by atoms with Crippen molar-refractivity contribution in [3.8, 4) is 5.75 Å². The number of aliphatic hydroxyl groups excluding tert-OH is 1. The molecule has 2 aromatic carbocycles. The molecule has 6 nitrogen and oxygen atoms in total. The summed E-state index contributed by atoms with van der Waals surface area (Å²) >= 11 is 5.93. The molecular weight excluding hydrogens is 435 g/mol. The van der Waals surface area contributed by atoms with Crippen molar-refractivity contribution in [1.29, 1.82) is 0 Å². The number of hydrogen-bond donors (Lipinski definition) is 1. The van der Waals surface area contributed by atoms with Crippen LogP contribution < -0.4 is 9.64 Å². The van der Waals surface area contributed by atoms with Gasteiger partial charge < -0.3 is 9.84 Å². The second-order valence-corrected chi connectivity index (χ2v) is 7.64. The lowest BCUT2D eigenvalue weighted by molar-refractivity contribution is -0.132. The highest BCUT2D eigenvalue weighted by molar-refractivity contribution is 6.51. The number of aliphatic hydroxyl groups is 1. The van der Waals surface area contributed by atoms with Crippen LogP contribution in [0.5, 0.6) is 5.75 Å². The number of Topliss-reactive ketones (excluding diaryl/α,β-unsaturated/α-hetero) is 1. The third kappa shape index (κ3) is 3.61. The van der Waals surface area contributed by atoms with Crippen molar-refractivity contribution >= 4 is 34.7 Å². The monoisotopic (exact) mass is 452 g/mol. The molecule has 1 fully saturated rings. The number of carbonyl (C=O) groups excluding carboxylic acids is 2. The van der Waals surface area contributed by atoms with Crippen molar-refractivity contribution < 1.29 is 23.8 Å². The molecule has 0 saturated carbocycles. The number of aryl methyl sites for hydroxylation is 1. The van der Waals surface area contributed by atoms with Crippen LogP contribution in [0.1, 0.15) is 22.7 Å². The molecule has 162 valence electrons. The fraction of sp³-hybridized carbons (Fsp3) is 0.125. The standard InChI is InChI=1S/C24H18ClFN2O4/c1-13-11-16(32-2)4-5-17(13)22(29)20-21(14-7-9-27-10-8-14)28(24(31)23(20)30)15-3-6-19(26)18(25)12-15/h3-12,21,29H,1-2H3/b22-20+. The number of hydrogen-bond acceptors (Lipinski definition) is 5. The highest BCUT2D eigenvalue weighted by atomic mass is 35.5. The fourth-order valence-electron chi connectivity index (χ4n) is 3.77. The van der Waals surface area contributed by atoms with Crippen LogP contribution in [0.2, 0.25) is 5.02 Å². The van der Waals surface area contributed by atoms with Gasteiger partial charge in [0.05, 0.1) is 23.7 Å². The number of methoxy groups -OCH3 is 1. The Morgan fingerprint density at radius 1 is 1.12 bits per heavy atom. The maximum atomic E-state index is 13.7. The number of aromatic nitrogens is 1. The topological polar surface area (TPSA) is 79.7 Å². The van der Waals surface area contributed by atoms with E-state index in [-0.39, 0.29) is 22.0 Å². The van der Waals surface area contributed by atoms with E-state index in [2.05, 4.69) is 4.98 Å². The Morgan fingerprint density at radius 3 is 2.47 bits per heavy atom. The number of anilines is 1. The Balaban J connectivity index is 1.95. The van der Waals surface area contributed by atoms with E-state index in [4.69, 9.17) is 16.3 Å². The van der Waals surface area contributed by atoms with Crippen molar-refractivity contribution in [2.45, 2.75) is 13.0 Å². The minimum atomic E-state index is -0.957. The Labute approximate surface area is 188 Å². The van der Waals surface area contributed by atoms with Gasteiger partial charge in [0, 0.05) is 23.6 Å². The summed E-state index contributed by atoms with van der Waals surface area (Å²) in [5.74, 6) is -2.10. The van der Waals surface area contributed by atoms with Gasteiger partial charge in [0.1, 0.15) is 17.3 Å². The van der Waals surface area contributed by atoms with Crippen LogP contribution in [0, 0.1) is 12.7 Å². The number of carbonyl (C=O) groups is 2. The molecule has 0 aliphatic carbocycles. The van der Waals surface area contributed by atoms with Crippen molar-refractivity contribution in [2.24, 2.45) is 0 Å². The van der Waals surface area contributed by atoms with Crippen molar-refractivity contribution in [3.05, 3.63) is 94.0 Å². The molecular formula is C24H18ClFN2O4. The third-order valence-electron chi connectivity index (χ3n) is 5.34. The molecule has 1 aromatic heterocycles. The lowest BCUT2D eigenvalue weighted by Crippen LogP contribution is -2.29. The van der Waals surface area contributed by atoms with Crippen LogP contribution in [0.3, 0.4) is 0 Å². The Bertz CT molecular complexity index is 1260. The Hall–Kier alpha value is -3.71. The number of amides is 1. The molecule has 1 aliphatic rings. The second-order valence-electron chi connectivity index (χ2n) is 7.23. The molecule has 1 aliphatic heterocycles. The summed E-state index contributed by atoms with van der Waals surface area (Å²) in [6.45, 7) is 1.76. The molecule has 2 heterocycles. The van der Waals surface area contributed by atoms with Crippen LogP contribution in [0.15, 0.2) is 66.5 Å². The molecule has 1 saturated heterocycles. The molecule has 1 amide bonds. The summed E-state index contributed by atoms with van der Waals surface area (Å²) in [6, 6.07) is 11.1. The Kier molecular flexibility index (Phi) is 5.67. The summed E-state index contributed by atoms with van der Waals surface area (Å²) in [6.07, 6.45) is 3.04. The molecule has 8 heteroatoms. The normalized spacial score (nSPS) is 17.6. The van der Waals surface area contributed by atoms with Crippen LogP contribution in [0.4, 0.5) is 10.1 Å². The van der Waals surface area contributed by atoms with Gasteiger partial charge >= 0.3 is 0 Å². The number of nitrogens with zero attached hydrogens (tertiary/aromatic N) is 2. The second kappa shape index (κ2) is 8.43. The lowest BCUT2D eigenvalue weighted by Gasteiger charge is -2.25. The van der Waals surface area contributed by atoms with E-state index in [1.807, 2.05) is 0 Å². The van der Waals surface area contributed by atoms with Crippen molar-refractivity contribution in [2.75, 3.05) is 12.0 Å². The zero-order chi connectivity index (χ0) is 23.0. The summed E-state index contributed by atoms with van der Waals surface area (Å²) in [5, 5.41) is 11.0. The first-order chi connectivity index (χ1) is 15.3. The van der Waals surface area contributed by atoms with Gasteiger partial charge in [-0.05, 0) is 66.6 Å². The van der Waals surface area contributed by atoms with E-state index in [1.54, 1.807) is 37.3 Å². The molecule has 32 heavy (non-hydrogen) atoms. The van der Waals surface area contributed by atoms with Gasteiger partial charge in [-0.3, -0.25) is 19.5 Å². The van der Waals surface area contributed by atoms with Gasteiger partial charge in [-0.1, -0.05) is 11.6 Å². The highest BCUT2D eigenvalue weighted by Crippen LogP contribution is 2.43. The van der Waals surface area contributed by atoms with Crippen molar-refractivity contribution in [1.82, 2.24) is 4.98 Å². The molecule has 4 rings (SSSR count). The lowest BCUT2D eigenvalue weighted by atomic mass is 9.94. The molecule has 0 radical (unpaired) electrons. The van der Waals surface area contributed by atoms with Gasteiger partial charge in [0.25, 0.3) is 11.7 Å². The molecule has 0 bridgehead atoms. The third-order valence-corrected chi connectivity index (χ3v) is 5.63. The average molecular weight is 453 g/mol. The average Bonchev–Trinajstić information content (AvgIpc) is 3.06. The minimum Gasteiger partial charge on any atom is -0.507 e. The summed E-state index contributed by atoms with van der Waals surface area (Å²) in [4.78, 5) is 31.4. The SMILES string of the molecule is COc1ccc(/C(O)=C2\C(=O)C(=O)N(c3ccc(F)c(Cl)c3)C2c2ccncc2)c(C)c1. The van der Waals surface area contributed by atoms with Gasteiger partial charge in [-0.25, -0.2) is 4.39 Å². The van der Waals surface area contributed by atoms with Gasteiger partial charge in [0.2, 0.25) is 0 Å². The predicted molar refractivity (Wildman–Crippen MR) is 118 cm³/mol. The predicted octanol–water partition coefficient (Wildman–Crippen LogP) is 4.82. The van der Waals surface area contributed by atoms with Gasteiger partial charge in [0.15, 0.2) is 0 Å². The molecule has 1 N–H and O–H groups in total. The number of rotatable bonds is 4. The Morgan fingerprint density at radius 2 is 1.84 bits per heavy atom. The number of benzene rings is 2. The first-order valence-corrected chi connectivity index (χ1v) is 10.0. The number of ketones is 1. The minimum absolute atomic E-state index is 0.0880. The maximum absolute atomic E-state index is 13.7. The quantitative estimate of drug-likeness (QED) is 0.349. The van der Waals surface area contributed by atoms with Crippen molar-refractivity contribution in [3.63, 3.8) is 0 Å². The highest BCUT2D eigenvalue weighted by Gasteiger charge is 2.47. The maximum Gasteiger partial charge on any atom is 0.300 e. The zero-order valence-corrected chi connectivity index (χ0v) is 17.9. The van der Waals surface area contributed by atoms with E-state index in [1.165, 1.54) is 36.5 Å². The zero-order valence-electron chi connectivity index (χ0n) is 17.2. The fourth-order valence-corrected chi connectivity index (χ4v) is 3.94. The number of pyridine rings is 1. The molecule has 0 spiro atoms. The van der Waals surface area contributed by atoms with E-state index in [0.29, 0.717) is 22.4 Å². The number of ether oxygens (including phenoxy) is 1. The molecule has 1 unspecified atom stereocenters. The summed E-state index contributed by atoms with van der Waals surface area (Å²) in [5.41, 5.74) is 1.74. The van der Waals surface area contributed by atoms with E-state index < -0.39 is 23.5 Å². The van der Waals surface area contributed by atoms with E-state index in [0.717, 1.165) is 6.07 Å². The van der Waals surface area contributed by atoms with Gasteiger partial charge in [-0.2, -0.15) is 0 Å². The summed E-state index contributed by atoms with van der Waals surface area (Å²) in [7, 11) is 1.52. The first-order valence-electron chi connectivity index (χ1n) is 9.64.